The molecule has 0 saturated carbocycles. The number of amides is 1. The van der Waals surface area contributed by atoms with E-state index in [4.69, 9.17) is 4.42 Å². The molecule has 2 N–H and O–H groups in total. The highest BCUT2D eigenvalue weighted by molar-refractivity contribution is 6.04. The zero-order valence-electron chi connectivity index (χ0n) is 14.1. The quantitative estimate of drug-likeness (QED) is 0.677. The Balaban J connectivity index is 1.69. The number of hydrogen-bond acceptors (Lipinski definition) is 3. The van der Waals surface area contributed by atoms with Gasteiger partial charge in [0.15, 0.2) is 0 Å². The molecule has 0 fully saturated rings. The topological polar surface area (TPSA) is 79.5 Å². The molecule has 0 radical (unpaired) electrons. The summed E-state index contributed by atoms with van der Waals surface area (Å²) in [4.78, 5) is 23.6. The van der Waals surface area contributed by atoms with Crippen LogP contribution < -0.4 is 5.32 Å². The molecule has 0 spiro atoms. The lowest BCUT2D eigenvalue weighted by Gasteiger charge is -2.16. The number of benzene rings is 2. The molecule has 3 rings (SSSR count). The smallest absolute Gasteiger partial charge is 0.336 e. The molecule has 0 aliphatic heterocycles. The molecule has 132 valence electrons. The molecule has 5 heteroatoms. The summed E-state index contributed by atoms with van der Waals surface area (Å²) in [6, 6.07) is 19.9. The summed E-state index contributed by atoms with van der Waals surface area (Å²) in [6.45, 7) is 0.396. The molecule has 0 aliphatic rings. The maximum atomic E-state index is 12.4. The molecule has 1 atom stereocenters. The Morgan fingerprint density at radius 3 is 2.27 bits per heavy atom. The SMILES string of the molecule is O=C(O)c1ccccc1C(=O)NCCC(c1ccccc1)c1ccco1. The van der Waals surface area contributed by atoms with Crippen LogP contribution in [0.4, 0.5) is 0 Å². The summed E-state index contributed by atoms with van der Waals surface area (Å²) in [5, 5.41) is 12.0. The summed E-state index contributed by atoms with van der Waals surface area (Å²) >= 11 is 0. The van der Waals surface area contributed by atoms with Crippen molar-refractivity contribution < 1.29 is 19.1 Å². The number of carbonyl (C=O) groups is 2. The van der Waals surface area contributed by atoms with Crippen molar-refractivity contribution in [2.75, 3.05) is 6.54 Å². The zero-order chi connectivity index (χ0) is 18.4. The molecule has 26 heavy (non-hydrogen) atoms. The van der Waals surface area contributed by atoms with Crippen LogP contribution in [0.5, 0.6) is 0 Å². The van der Waals surface area contributed by atoms with Gasteiger partial charge in [0.25, 0.3) is 5.91 Å². The first kappa shape index (κ1) is 17.5. The van der Waals surface area contributed by atoms with Gasteiger partial charge < -0.3 is 14.8 Å². The zero-order valence-corrected chi connectivity index (χ0v) is 14.1. The fourth-order valence-electron chi connectivity index (χ4n) is 2.94. The highest BCUT2D eigenvalue weighted by Crippen LogP contribution is 2.27. The number of carboxylic acids is 1. The third kappa shape index (κ3) is 4.00. The molecular formula is C21H19NO4. The van der Waals surface area contributed by atoms with Gasteiger partial charge in [-0.25, -0.2) is 4.79 Å². The molecule has 0 aliphatic carbocycles. The first-order valence-corrected chi connectivity index (χ1v) is 8.35. The lowest BCUT2D eigenvalue weighted by molar-refractivity contribution is 0.0691. The minimum absolute atomic E-state index is 0.00403. The number of rotatable bonds is 7. The molecule has 5 nitrogen and oxygen atoms in total. The number of aromatic carboxylic acids is 1. The van der Waals surface area contributed by atoms with E-state index in [2.05, 4.69) is 5.32 Å². The highest BCUT2D eigenvalue weighted by atomic mass is 16.4. The van der Waals surface area contributed by atoms with Gasteiger partial charge in [-0.3, -0.25) is 4.79 Å². The van der Waals surface area contributed by atoms with Crippen LogP contribution in [0.15, 0.2) is 77.4 Å². The lowest BCUT2D eigenvalue weighted by atomic mass is 9.93. The molecule has 1 unspecified atom stereocenters. The number of hydrogen-bond donors (Lipinski definition) is 2. The number of furan rings is 1. The monoisotopic (exact) mass is 349 g/mol. The van der Waals surface area contributed by atoms with Crippen LogP contribution in [-0.2, 0) is 0 Å². The van der Waals surface area contributed by atoms with E-state index < -0.39 is 11.9 Å². The van der Waals surface area contributed by atoms with E-state index in [1.807, 2.05) is 42.5 Å². The third-order valence-corrected chi connectivity index (χ3v) is 4.21. The molecule has 0 saturated heterocycles. The minimum atomic E-state index is -1.12. The first-order valence-electron chi connectivity index (χ1n) is 8.35. The Morgan fingerprint density at radius 1 is 0.923 bits per heavy atom. The molecule has 1 amide bonds. The van der Waals surface area contributed by atoms with Crippen molar-refractivity contribution in [3.05, 3.63) is 95.4 Å². The first-order chi connectivity index (χ1) is 12.7. The van der Waals surface area contributed by atoms with E-state index in [0.717, 1.165) is 11.3 Å². The minimum Gasteiger partial charge on any atom is -0.478 e. The molecule has 0 bridgehead atoms. The number of nitrogens with one attached hydrogen (secondary N) is 1. The predicted octanol–water partition coefficient (Wildman–Crippen LogP) is 3.93. The van der Waals surface area contributed by atoms with E-state index in [1.54, 1.807) is 18.4 Å². The van der Waals surface area contributed by atoms with Crippen LogP contribution in [0.3, 0.4) is 0 Å². The standard InChI is InChI=1S/C21H19NO4/c23-20(17-9-4-5-10-18(17)21(24)25)22-13-12-16(19-11-6-14-26-19)15-7-2-1-3-8-15/h1-11,14,16H,12-13H2,(H,22,23)(H,24,25). The highest BCUT2D eigenvalue weighted by Gasteiger charge is 2.19. The van der Waals surface area contributed by atoms with Gasteiger partial charge in [0, 0.05) is 12.5 Å². The van der Waals surface area contributed by atoms with Crippen LogP contribution in [0.2, 0.25) is 0 Å². The maximum Gasteiger partial charge on any atom is 0.336 e. The largest absolute Gasteiger partial charge is 0.478 e. The molecule has 3 aromatic rings. The van der Waals surface area contributed by atoms with Crippen LogP contribution in [0.1, 0.15) is 44.4 Å². The third-order valence-electron chi connectivity index (χ3n) is 4.21. The van der Waals surface area contributed by atoms with Crippen molar-refractivity contribution >= 4 is 11.9 Å². The van der Waals surface area contributed by atoms with Gasteiger partial charge >= 0.3 is 5.97 Å². The van der Waals surface area contributed by atoms with Gasteiger partial charge in [-0.1, -0.05) is 42.5 Å². The van der Waals surface area contributed by atoms with Crippen LogP contribution in [-0.4, -0.2) is 23.5 Å². The second-order valence-corrected chi connectivity index (χ2v) is 5.87. The normalized spacial score (nSPS) is 11.7. The van der Waals surface area contributed by atoms with Crippen LogP contribution >= 0.6 is 0 Å². The summed E-state index contributed by atoms with van der Waals surface area (Å²) in [6.07, 6.45) is 2.27. The van der Waals surface area contributed by atoms with E-state index in [0.29, 0.717) is 13.0 Å². The molecule has 1 aromatic heterocycles. The van der Waals surface area contributed by atoms with Crippen LogP contribution in [0, 0.1) is 0 Å². The van der Waals surface area contributed by atoms with Crippen molar-refractivity contribution in [2.24, 2.45) is 0 Å². The Labute approximate surface area is 151 Å². The summed E-state index contributed by atoms with van der Waals surface area (Å²) in [5.41, 5.74) is 1.26. The predicted molar refractivity (Wildman–Crippen MR) is 97.3 cm³/mol. The molecule has 2 aromatic carbocycles. The van der Waals surface area contributed by atoms with Crippen LogP contribution in [0.25, 0.3) is 0 Å². The number of carboxylic acid groups (broad SMARTS) is 1. The van der Waals surface area contributed by atoms with Gasteiger partial charge in [0.05, 0.1) is 17.4 Å². The average Bonchev–Trinajstić information content (AvgIpc) is 3.20. The second kappa shape index (κ2) is 8.16. The summed E-state index contributed by atoms with van der Waals surface area (Å²) in [7, 11) is 0. The van der Waals surface area contributed by atoms with Crippen molar-refractivity contribution in [1.29, 1.82) is 0 Å². The fraction of sp³-hybridized carbons (Fsp3) is 0.143. The molecular weight excluding hydrogens is 330 g/mol. The Hall–Kier alpha value is -3.34. The Bertz CT molecular complexity index is 872. The second-order valence-electron chi connectivity index (χ2n) is 5.87. The van der Waals surface area contributed by atoms with Gasteiger partial charge in [0.2, 0.25) is 0 Å². The van der Waals surface area contributed by atoms with Crippen molar-refractivity contribution in [3.63, 3.8) is 0 Å². The van der Waals surface area contributed by atoms with E-state index in [1.165, 1.54) is 12.1 Å². The summed E-state index contributed by atoms with van der Waals surface area (Å²) in [5.74, 6) is -0.666. The Kier molecular flexibility index (Phi) is 5.49. The van der Waals surface area contributed by atoms with Gasteiger partial charge in [0.1, 0.15) is 5.76 Å². The van der Waals surface area contributed by atoms with E-state index >= 15 is 0 Å². The van der Waals surface area contributed by atoms with E-state index in [9.17, 15) is 14.7 Å². The Morgan fingerprint density at radius 2 is 1.62 bits per heavy atom. The van der Waals surface area contributed by atoms with Crippen molar-refractivity contribution in [2.45, 2.75) is 12.3 Å². The van der Waals surface area contributed by atoms with Gasteiger partial charge in [-0.05, 0) is 36.2 Å². The van der Waals surface area contributed by atoms with Crippen molar-refractivity contribution in [3.8, 4) is 0 Å². The summed E-state index contributed by atoms with van der Waals surface area (Å²) < 4.78 is 5.55. The van der Waals surface area contributed by atoms with Gasteiger partial charge in [-0.2, -0.15) is 0 Å². The maximum absolute atomic E-state index is 12.4. The average molecular weight is 349 g/mol. The van der Waals surface area contributed by atoms with Crippen molar-refractivity contribution in [1.82, 2.24) is 5.32 Å². The lowest BCUT2D eigenvalue weighted by Crippen LogP contribution is -2.27. The molecule has 1 heterocycles. The fourth-order valence-corrected chi connectivity index (χ4v) is 2.94. The van der Waals surface area contributed by atoms with Gasteiger partial charge in [-0.15, -0.1) is 0 Å². The van der Waals surface area contributed by atoms with E-state index in [-0.39, 0.29) is 17.0 Å². The number of carbonyl (C=O) groups excluding carboxylic acids is 1.